The van der Waals surface area contributed by atoms with Gasteiger partial charge in [-0.3, -0.25) is 4.79 Å². The van der Waals surface area contributed by atoms with Crippen molar-refractivity contribution in [3.05, 3.63) is 65.7 Å². The Morgan fingerprint density at radius 2 is 1.93 bits per heavy atom. The number of nitrogens with zero attached hydrogens (tertiary/aromatic N) is 1. The predicted molar refractivity (Wildman–Crippen MR) is 121 cm³/mol. The number of rotatable bonds is 10. The van der Waals surface area contributed by atoms with Crippen LogP contribution < -0.4 is 20.7 Å². The van der Waals surface area contributed by atoms with Crippen LogP contribution in [0, 0.1) is 0 Å². The molecule has 1 unspecified atom stereocenters. The standard InChI is InChI=1S/C24H32N4O2/c1-3-25-24(26-15-18(2)20-9-5-4-6-10-20)27-16-19-8-7-11-22(14-19)30-17-23(29)28-21-12-13-21/h4-11,14,18,21H,3,12-13,15-17H2,1-2H3,(H,28,29)(H2,25,26,27). The molecular formula is C24H32N4O2. The number of carbonyl (C=O) groups is 1. The summed E-state index contributed by atoms with van der Waals surface area (Å²) in [6.45, 7) is 6.43. The summed E-state index contributed by atoms with van der Waals surface area (Å²) in [6, 6.07) is 18.5. The van der Waals surface area contributed by atoms with E-state index in [0.717, 1.165) is 37.5 Å². The second kappa shape index (κ2) is 11.2. The molecule has 1 amide bonds. The molecule has 160 valence electrons. The molecule has 0 aromatic heterocycles. The minimum absolute atomic E-state index is 0.0464. The lowest BCUT2D eigenvalue weighted by molar-refractivity contribution is -0.123. The lowest BCUT2D eigenvalue weighted by Gasteiger charge is -2.16. The molecule has 0 saturated heterocycles. The topological polar surface area (TPSA) is 74.8 Å². The van der Waals surface area contributed by atoms with E-state index in [-0.39, 0.29) is 12.5 Å². The number of amides is 1. The minimum atomic E-state index is -0.0629. The third-order valence-corrected chi connectivity index (χ3v) is 4.92. The molecule has 2 aromatic rings. The molecule has 1 aliphatic carbocycles. The fraction of sp³-hybridized carbons (Fsp3) is 0.417. The van der Waals surface area contributed by atoms with Crippen LogP contribution in [0.15, 0.2) is 59.6 Å². The Hall–Kier alpha value is -3.02. The Bertz CT molecular complexity index is 834. The van der Waals surface area contributed by atoms with E-state index in [9.17, 15) is 4.79 Å². The first-order valence-electron chi connectivity index (χ1n) is 10.7. The Kier molecular flexibility index (Phi) is 8.12. The van der Waals surface area contributed by atoms with Crippen molar-refractivity contribution in [3.8, 4) is 5.75 Å². The number of benzene rings is 2. The molecule has 0 heterocycles. The van der Waals surface area contributed by atoms with E-state index >= 15 is 0 Å². The normalized spacial score (nSPS) is 14.7. The van der Waals surface area contributed by atoms with Crippen molar-refractivity contribution in [2.45, 2.75) is 45.2 Å². The Balaban J connectivity index is 1.51. The third-order valence-electron chi connectivity index (χ3n) is 4.92. The van der Waals surface area contributed by atoms with Crippen LogP contribution in [0.4, 0.5) is 0 Å². The van der Waals surface area contributed by atoms with E-state index < -0.39 is 0 Å². The second-order valence-electron chi connectivity index (χ2n) is 7.67. The number of carbonyl (C=O) groups excluding carboxylic acids is 1. The summed E-state index contributed by atoms with van der Waals surface area (Å²) in [5.74, 6) is 1.79. The minimum Gasteiger partial charge on any atom is -0.484 e. The molecule has 6 nitrogen and oxygen atoms in total. The first kappa shape index (κ1) is 21.7. The zero-order valence-corrected chi connectivity index (χ0v) is 17.9. The van der Waals surface area contributed by atoms with Gasteiger partial charge in [-0.1, -0.05) is 49.4 Å². The molecule has 1 atom stereocenters. The molecule has 0 bridgehead atoms. The molecule has 1 fully saturated rings. The maximum atomic E-state index is 11.8. The molecule has 0 radical (unpaired) electrons. The summed E-state index contributed by atoms with van der Waals surface area (Å²) in [4.78, 5) is 16.5. The highest BCUT2D eigenvalue weighted by atomic mass is 16.5. The van der Waals surface area contributed by atoms with E-state index in [0.29, 0.717) is 24.3 Å². The fourth-order valence-corrected chi connectivity index (χ4v) is 3.04. The first-order chi connectivity index (χ1) is 14.6. The van der Waals surface area contributed by atoms with Gasteiger partial charge in [0, 0.05) is 19.1 Å². The average molecular weight is 409 g/mol. The molecule has 0 aliphatic heterocycles. The van der Waals surface area contributed by atoms with Crippen LogP contribution in [0.2, 0.25) is 0 Å². The van der Waals surface area contributed by atoms with E-state index in [1.807, 2.05) is 30.3 Å². The van der Waals surface area contributed by atoms with Crippen LogP contribution in [-0.2, 0) is 11.3 Å². The van der Waals surface area contributed by atoms with Crippen LogP contribution in [0.3, 0.4) is 0 Å². The number of hydrogen-bond donors (Lipinski definition) is 3. The van der Waals surface area contributed by atoms with E-state index in [1.165, 1.54) is 5.56 Å². The Morgan fingerprint density at radius 1 is 1.13 bits per heavy atom. The Morgan fingerprint density at radius 3 is 2.67 bits per heavy atom. The summed E-state index contributed by atoms with van der Waals surface area (Å²) < 4.78 is 5.63. The lowest BCUT2D eigenvalue weighted by Crippen LogP contribution is -2.39. The molecular weight excluding hydrogens is 376 g/mol. The average Bonchev–Trinajstić information content (AvgIpc) is 3.59. The van der Waals surface area contributed by atoms with Gasteiger partial charge in [0.05, 0.1) is 6.54 Å². The van der Waals surface area contributed by atoms with Gasteiger partial charge in [0.2, 0.25) is 0 Å². The van der Waals surface area contributed by atoms with Gasteiger partial charge in [-0.05, 0) is 48.9 Å². The van der Waals surface area contributed by atoms with Gasteiger partial charge in [-0.2, -0.15) is 0 Å². The molecule has 1 saturated carbocycles. The predicted octanol–water partition coefficient (Wildman–Crippen LogP) is 3.20. The molecule has 1 aliphatic rings. The quantitative estimate of drug-likeness (QED) is 0.417. The van der Waals surface area contributed by atoms with Gasteiger partial charge in [-0.15, -0.1) is 0 Å². The van der Waals surface area contributed by atoms with Crippen LogP contribution in [0.25, 0.3) is 0 Å². The van der Waals surface area contributed by atoms with Crippen LogP contribution in [0.5, 0.6) is 5.75 Å². The summed E-state index contributed by atoms with van der Waals surface area (Å²) in [5.41, 5.74) is 2.33. The van der Waals surface area contributed by atoms with Crippen LogP contribution in [0.1, 0.15) is 43.7 Å². The zero-order valence-electron chi connectivity index (χ0n) is 17.9. The summed E-state index contributed by atoms with van der Waals surface area (Å²) in [5, 5.41) is 9.64. The van der Waals surface area contributed by atoms with Gasteiger partial charge >= 0.3 is 0 Å². The molecule has 3 N–H and O–H groups in total. The van der Waals surface area contributed by atoms with E-state index in [1.54, 1.807) is 0 Å². The summed E-state index contributed by atoms with van der Waals surface area (Å²) in [6.07, 6.45) is 2.15. The van der Waals surface area contributed by atoms with Gasteiger partial charge in [-0.25, -0.2) is 4.99 Å². The monoisotopic (exact) mass is 408 g/mol. The SMILES string of the molecule is CCNC(=NCc1cccc(OCC(=O)NC2CC2)c1)NCC(C)c1ccccc1. The number of aliphatic imine (C=N–C) groups is 1. The number of guanidine groups is 1. The van der Waals surface area contributed by atoms with E-state index in [2.05, 4.69) is 54.1 Å². The fourth-order valence-electron chi connectivity index (χ4n) is 3.04. The van der Waals surface area contributed by atoms with E-state index in [4.69, 9.17) is 9.73 Å². The number of nitrogens with one attached hydrogen (secondary N) is 3. The van der Waals surface area contributed by atoms with Crippen molar-refractivity contribution < 1.29 is 9.53 Å². The smallest absolute Gasteiger partial charge is 0.258 e. The second-order valence-corrected chi connectivity index (χ2v) is 7.67. The van der Waals surface area contributed by atoms with Crippen LogP contribution >= 0.6 is 0 Å². The highest BCUT2D eigenvalue weighted by Gasteiger charge is 2.23. The van der Waals surface area contributed by atoms with Crippen molar-refractivity contribution in [2.75, 3.05) is 19.7 Å². The van der Waals surface area contributed by atoms with Gasteiger partial charge in [0.15, 0.2) is 12.6 Å². The van der Waals surface area contributed by atoms with Crippen molar-refractivity contribution in [1.82, 2.24) is 16.0 Å². The largest absolute Gasteiger partial charge is 0.484 e. The molecule has 0 spiro atoms. The zero-order chi connectivity index (χ0) is 21.2. The highest BCUT2D eigenvalue weighted by Crippen LogP contribution is 2.19. The maximum absolute atomic E-state index is 11.8. The number of ether oxygens (including phenoxy) is 1. The first-order valence-corrected chi connectivity index (χ1v) is 10.7. The molecule has 6 heteroatoms. The van der Waals surface area contributed by atoms with Crippen molar-refractivity contribution >= 4 is 11.9 Å². The summed E-state index contributed by atoms with van der Waals surface area (Å²) >= 11 is 0. The molecule has 3 rings (SSSR count). The summed E-state index contributed by atoms with van der Waals surface area (Å²) in [7, 11) is 0. The van der Waals surface area contributed by atoms with Gasteiger partial charge in [0.1, 0.15) is 5.75 Å². The van der Waals surface area contributed by atoms with Crippen molar-refractivity contribution in [1.29, 1.82) is 0 Å². The van der Waals surface area contributed by atoms with Gasteiger partial charge in [0.25, 0.3) is 5.91 Å². The maximum Gasteiger partial charge on any atom is 0.258 e. The lowest BCUT2D eigenvalue weighted by atomic mass is 10.0. The highest BCUT2D eigenvalue weighted by molar-refractivity contribution is 5.80. The van der Waals surface area contributed by atoms with Crippen molar-refractivity contribution in [2.24, 2.45) is 4.99 Å². The third kappa shape index (κ3) is 7.43. The molecule has 30 heavy (non-hydrogen) atoms. The molecule has 2 aromatic carbocycles. The van der Waals surface area contributed by atoms with Crippen molar-refractivity contribution in [3.63, 3.8) is 0 Å². The van der Waals surface area contributed by atoms with Gasteiger partial charge < -0.3 is 20.7 Å². The Labute approximate surface area is 179 Å². The number of hydrogen-bond acceptors (Lipinski definition) is 3. The van der Waals surface area contributed by atoms with Crippen LogP contribution in [-0.4, -0.2) is 37.6 Å².